The van der Waals surface area contributed by atoms with Crippen molar-refractivity contribution in [2.75, 3.05) is 0 Å². The average Bonchev–Trinajstić information content (AvgIpc) is 2.53. The zero-order valence-corrected chi connectivity index (χ0v) is 8.70. The summed E-state index contributed by atoms with van der Waals surface area (Å²) in [6.07, 6.45) is 6.48. The van der Waals surface area contributed by atoms with Crippen molar-refractivity contribution in [3.8, 4) is 5.95 Å². The molecule has 0 bridgehead atoms. The average molecular weight is 259 g/mol. The first kappa shape index (κ1) is 8.65. The summed E-state index contributed by atoms with van der Waals surface area (Å²) < 4.78 is 2.34. The van der Waals surface area contributed by atoms with E-state index >= 15 is 0 Å². The van der Waals surface area contributed by atoms with Crippen LogP contribution >= 0.6 is 27.5 Å². The predicted octanol–water partition coefficient (Wildman–Crippen LogP) is 2.08. The van der Waals surface area contributed by atoms with Crippen LogP contribution in [0.5, 0.6) is 0 Å². The summed E-state index contributed by atoms with van der Waals surface area (Å²) in [6.45, 7) is 0. The summed E-state index contributed by atoms with van der Waals surface area (Å²) in [7, 11) is 0. The molecule has 0 spiro atoms. The van der Waals surface area contributed by atoms with E-state index in [-0.39, 0.29) is 0 Å². The number of nitrogens with zero attached hydrogens (tertiary/aromatic N) is 4. The molecule has 2 aromatic rings. The quantitative estimate of drug-likeness (QED) is 0.787. The van der Waals surface area contributed by atoms with Gasteiger partial charge in [0.1, 0.15) is 0 Å². The van der Waals surface area contributed by atoms with Gasteiger partial charge in [0, 0.05) is 12.4 Å². The molecule has 0 aliphatic carbocycles. The van der Waals surface area contributed by atoms with Gasteiger partial charge < -0.3 is 0 Å². The molecular weight excluding hydrogens is 255 g/mol. The monoisotopic (exact) mass is 258 g/mol. The third-order valence-electron chi connectivity index (χ3n) is 1.36. The van der Waals surface area contributed by atoms with Gasteiger partial charge in [-0.3, -0.25) is 0 Å². The minimum Gasteiger partial charge on any atom is -0.218 e. The minimum atomic E-state index is 0.495. The molecule has 4 nitrogen and oxygen atoms in total. The molecule has 2 rings (SSSR count). The van der Waals surface area contributed by atoms with Crippen LogP contribution in [0, 0.1) is 0 Å². The molecule has 0 aromatic carbocycles. The Labute approximate surface area is 87.7 Å². The maximum absolute atomic E-state index is 5.69. The number of hydrogen-bond acceptors (Lipinski definition) is 3. The van der Waals surface area contributed by atoms with Crippen molar-refractivity contribution in [3.63, 3.8) is 0 Å². The van der Waals surface area contributed by atoms with Crippen molar-refractivity contribution in [1.29, 1.82) is 0 Å². The van der Waals surface area contributed by atoms with Crippen LogP contribution in [0.2, 0.25) is 5.02 Å². The molecule has 2 aromatic heterocycles. The van der Waals surface area contributed by atoms with Crippen LogP contribution in [-0.2, 0) is 0 Å². The maximum atomic E-state index is 5.69. The molecule has 0 saturated carbocycles. The van der Waals surface area contributed by atoms with Gasteiger partial charge in [-0.05, 0) is 15.9 Å². The zero-order chi connectivity index (χ0) is 9.26. The fraction of sp³-hybridized carbons (Fsp3) is 0. The Bertz CT molecular complexity index is 411. The molecule has 2 heterocycles. The Morgan fingerprint density at radius 1 is 1.23 bits per heavy atom. The highest BCUT2D eigenvalue weighted by atomic mass is 79.9. The SMILES string of the molecule is Clc1cnn(-c2ncc(Br)cn2)c1. The second-order valence-electron chi connectivity index (χ2n) is 2.30. The predicted molar refractivity (Wildman–Crippen MR) is 51.9 cm³/mol. The normalized spacial score (nSPS) is 10.3. The highest BCUT2D eigenvalue weighted by Gasteiger charge is 2.00. The lowest BCUT2D eigenvalue weighted by atomic mass is 10.7. The second kappa shape index (κ2) is 3.43. The van der Waals surface area contributed by atoms with E-state index in [4.69, 9.17) is 11.6 Å². The standard InChI is InChI=1S/C7H4BrClN4/c8-5-1-10-7(11-2-5)13-4-6(9)3-12-13/h1-4H. The van der Waals surface area contributed by atoms with E-state index in [1.807, 2.05) is 0 Å². The molecule has 0 saturated heterocycles. The van der Waals surface area contributed by atoms with Crippen LogP contribution in [0.25, 0.3) is 5.95 Å². The van der Waals surface area contributed by atoms with E-state index in [1.54, 1.807) is 18.6 Å². The number of rotatable bonds is 1. The third-order valence-corrected chi connectivity index (χ3v) is 1.97. The van der Waals surface area contributed by atoms with Crippen molar-refractivity contribution in [1.82, 2.24) is 19.7 Å². The Kier molecular flexibility index (Phi) is 2.28. The van der Waals surface area contributed by atoms with Crippen molar-refractivity contribution in [2.45, 2.75) is 0 Å². The topological polar surface area (TPSA) is 43.6 Å². The minimum absolute atomic E-state index is 0.495. The van der Waals surface area contributed by atoms with Crippen molar-refractivity contribution in [2.24, 2.45) is 0 Å². The highest BCUT2D eigenvalue weighted by Crippen LogP contribution is 2.09. The van der Waals surface area contributed by atoms with Gasteiger partial charge in [0.05, 0.1) is 21.9 Å². The lowest BCUT2D eigenvalue weighted by Crippen LogP contribution is -1.99. The van der Waals surface area contributed by atoms with Crippen molar-refractivity contribution in [3.05, 3.63) is 34.3 Å². The second-order valence-corrected chi connectivity index (χ2v) is 3.66. The van der Waals surface area contributed by atoms with Gasteiger partial charge in [-0.15, -0.1) is 0 Å². The molecule has 0 unspecified atom stereocenters. The van der Waals surface area contributed by atoms with E-state index < -0.39 is 0 Å². The number of aromatic nitrogens is 4. The van der Waals surface area contributed by atoms with Crippen LogP contribution in [0.1, 0.15) is 0 Å². The lowest BCUT2D eigenvalue weighted by Gasteiger charge is -1.96. The first-order valence-electron chi connectivity index (χ1n) is 3.44. The lowest BCUT2D eigenvalue weighted by molar-refractivity contribution is 0.806. The van der Waals surface area contributed by atoms with Crippen LogP contribution in [0.15, 0.2) is 29.3 Å². The molecule has 0 fully saturated rings. The van der Waals surface area contributed by atoms with Crippen LogP contribution in [0.4, 0.5) is 0 Å². The Balaban J connectivity index is 2.41. The van der Waals surface area contributed by atoms with E-state index in [2.05, 4.69) is 31.0 Å². The fourth-order valence-electron chi connectivity index (χ4n) is 0.834. The third kappa shape index (κ3) is 1.87. The Morgan fingerprint density at radius 2 is 1.92 bits per heavy atom. The first-order chi connectivity index (χ1) is 6.25. The fourth-order valence-corrected chi connectivity index (χ4v) is 1.17. The highest BCUT2D eigenvalue weighted by molar-refractivity contribution is 9.10. The molecular formula is C7H4BrClN4. The Morgan fingerprint density at radius 3 is 2.46 bits per heavy atom. The van der Waals surface area contributed by atoms with Gasteiger partial charge in [0.15, 0.2) is 0 Å². The molecule has 0 aliphatic rings. The van der Waals surface area contributed by atoms with E-state index in [9.17, 15) is 0 Å². The molecule has 0 atom stereocenters. The summed E-state index contributed by atoms with van der Waals surface area (Å²) in [5, 5.41) is 4.52. The summed E-state index contributed by atoms with van der Waals surface area (Å²) in [4.78, 5) is 8.09. The van der Waals surface area contributed by atoms with Crippen LogP contribution in [-0.4, -0.2) is 19.7 Å². The van der Waals surface area contributed by atoms with Gasteiger partial charge in [0.2, 0.25) is 0 Å². The van der Waals surface area contributed by atoms with E-state index in [0.717, 1.165) is 4.47 Å². The molecule has 0 radical (unpaired) electrons. The Hall–Kier alpha value is -0.940. The molecule has 0 N–H and O–H groups in total. The first-order valence-corrected chi connectivity index (χ1v) is 4.61. The summed E-state index contributed by atoms with van der Waals surface area (Å²) >= 11 is 8.94. The van der Waals surface area contributed by atoms with Crippen LogP contribution < -0.4 is 0 Å². The molecule has 0 aliphatic heterocycles. The summed E-state index contributed by atoms with van der Waals surface area (Å²) in [6, 6.07) is 0. The van der Waals surface area contributed by atoms with Crippen molar-refractivity contribution >= 4 is 27.5 Å². The molecule has 13 heavy (non-hydrogen) atoms. The van der Waals surface area contributed by atoms with E-state index in [0.29, 0.717) is 11.0 Å². The zero-order valence-electron chi connectivity index (χ0n) is 6.35. The molecule has 0 amide bonds. The number of halogens is 2. The summed E-state index contributed by atoms with van der Waals surface area (Å²) in [5.41, 5.74) is 0. The smallest absolute Gasteiger partial charge is 0.218 e. The van der Waals surface area contributed by atoms with Gasteiger partial charge >= 0.3 is 0 Å². The number of hydrogen-bond donors (Lipinski definition) is 0. The molecule has 6 heteroatoms. The molecule has 66 valence electrons. The van der Waals surface area contributed by atoms with Gasteiger partial charge in [-0.1, -0.05) is 11.6 Å². The van der Waals surface area contributed by atoms with Gasteiger partial charge in [0.25, 0.3) is 5.95 Å². The van der Waals surface area contributed by atoms with Crippen molar-refractivity contribution < 1.29 is 0 Å². The van der Waals surface area contributed by atoms with Crippen LogP contribution in [0.3, 0.4) is 0 Å². The van der Waals surface area contributed by atoms with E-state index in [1.165, 1.54) is 10.9 Å². The maximum Gasteiger partial charge on any atom is 0.250 e. The summed E-state index contributed by atoms with van der Waals surface area (Å²) in [5.74, 6) is 0.495. The van der Waals surface area contributed by atoms with Gasteiger partial charge in [-0.2, -0.15) is 5.10 Å². The van der Waals surface area contributed by atoms with Gasteiger partial charge in [-0.25, -0.2) is 14.6 Å². The largest absolute Gasteiger partial charge is 0.250 e.